The molecule has 1 nitrogen and oxygen atoms in total. The summed E-state index contributed by atoms with van der Waals surface area (Å²) in [5.74, 6) is 0.327. The molecule has 1 aliphatic heterocycles. The van der Waals surface area contributed by atoms with Crippen molar-refractivity contribution in [3.8, 4) is 0 Å². The lowest BCUT2D eigenvalue weighted by molar-refractivity contribution is 0.265. The van der Waals surface area contributed by atoms with Crippen molar-refractivity contribution in [2.24, 2.45) is 5.92 Å². The van der Waals surface area contributed by atoms with E-state index in [0.717, 1.165) is 6.61 Å². The van der Waals surface area contributed by atoms with E-state index in [-0.39, 0.29) is 0 Å². The van der Waals surface area contributed by atoms with E-state index in [0.29, 0.717) is 5.92 Å². The molecule has 0 aliphatic carbocycles. The summed E-state index contributed by atoms with van der Waals surface area (Å²) in [7, 11) is 0. The molecule has 0 saturated carbocycles. The SMILES string of the molecule is C1=CC(/C(=C\C=C\c2ccccc2)c2ccccc2)CO1. The van der Waals surface area contributed by atoms with E-state index in [1.54, 1.807) is 6.26 Å². The van der Waals surface area contributed by atoms with Gasteiger partial charge in [-0.05, 0) is 22.8 Å². The Kier molecular flexibility index (Phi) is 4.33. The average Bonchev–Trinajstić information content (AvgIpc) is 3.07. The first-order chi connectivity index (χ1) is 10.4. The van der Waals surface area contributed by atoms with Crippen molar-refractivity contribution in [1.82, 2.24) is 0 Å². The summed E-state index contributed by atoms with van der Waals surface area (Å²) in [6.07, 6.45) is 10.3. The molecule has 1 atom stereocenters. The summed E-state index contributed by atoms with van der Waals surface area (Å²) in [4.78, 5) is 0. The summed E-state index contributed by atoms with van der Waals surface area (Å²) in [5, 5.41) is 0. The van der Waals surface area contributed by atoms with Crippen molar-refractivity contribution >= 4 is 11.6 Å². The highest BCUT2D eigenvalue weighted by Crippen LogP contribution is 2.28. The van der Waals surface area contributed by atoms with Crippen LogP contribution in [0.2, 0.25) is 0 Å². The van der Waals surface area contributed by atoms with E-state index >= 15 is 0 Å². The minimum Gasteiger partial charge on any atom is -0.501 e. The van der Waals surface area contributed by atoms with E-state index in [1.807, 2.05) is 12.1 Å². The van der Waals surface area contributed by atoms with Crippen molar-refractivity contribution < 1.29 is 4.74 Å². The molecule has 104 valence electrons. The summed E-state index contributed by atoms with van der Waals surface area (Å²) < 4.78 is 5.38. The van der Waals surface area contributed by atoms with Crippen molar-refractivity contribution in [2.75, 3.05) is 6.61 Å². The first kappa shape index (κ1) is 13.4. The molecule has 1 heterocycles. The molecule has 0 spiro atoms. The van der Waals surface area contributed by atoms with Crippen LogP contribution in [0.4, 0.5) is 0 Å². The number of ether oxygens (including phenoxy) is 1. The monoisotopic (exact) mass is 274 g/mol. The maximum Gasteiger partial charge on any atom is 0.0977 e. The lowest BCUT2D eigenvalue weighted by Crippen LogP contribution is -2.02. The molecule has 21 heavy (non-hydrogen) atoms. The van der Waals surface area contributed by atoms with Crippen LogP contribution in [-0.2, 0) is 4.74 Å². The summed E-state index contributed by atoms with van der Waals surface area (Å²) in [6.45, 7) is 0.722. The number of rotatable bonds is 4. The Morgan fingerprint density at radius 3 is 2.33 bits per heavy atom. The molecule has 0 bridgehead atoms. The molecule has 0 amide bonds. The fraction of sp³-hybridized carbons (Fsp3) is 0.100. The van der Waals surface area contributed by atoms with Gasteiger partial charge in [0.05, 0.1) is 12.9 Å². The predicted octanol–water partition coefficient (Wildman–Crippen LogP) is 4.94. The third-order valence-electron chi connectivity index (χ3n) is 3.55. The van der Waals surface area contributed by atoms with Gasteiger partial charge in [-0.25, -0.2) is 0 Å². The van der Waals surface area contributed by atoms with Gasteiger partial charge in [-0.2, -0.15) is 0 Å². The molecular weight excluding hydrogens is 256 g/mol. The third-order valence-corrected chi connectivity index (χ3v) is 3.55. The molecule has 1 aliphatic rings. The largest absolute Gasteiger partial charge is 0.501 e. The molecule has 0 saturated heterocycles. The first-order valence-corrected chi connectivity index (χ1v) is 7.20. The normalized spacial score (nSPS) is 18.1. The van der Waals surface area contributed by atoms with E-state index in [9.17, 15) is 0 Å². The zero-order valence-electron chi connectivity index (χ0n) is 11.9. The van der Waals surface area contributed by atoms with Gasteiger partial charge in [0.25, 0.3) is 0 Å². The van der Waals surface area contributed by atoms with E-state index < -0.39 is 0 Å². The fourth-order valence-corrected chi connectivity index (χ4v) is 2.45. The number of hydrogen-bond donors (Lipinski definition) is 0. The van der Waals surface area contributed by atoms with Gasteiger partial charge in [-0.3, -0.25) is 0 Å². The molecule has 1 unspecified atom stereocenters. The van der Waals surface area contributed by atoms with Gasteiger partial charge >= 0.3 is 0 Å². The molecule has 0 fully saturated rings. The van der Waals surface area contributed by atoms with Gasteiger partial charge < -0.3 is 4.74 Å². The molecule has 2 aromatic carbocycles. The minimum absolute atomic E-state index is 0.327. The fourth-order valence-electron chi connectivity index (χ4n) is 2.45. The zero-order valence-corrected chi connectivity index (χ0v) is 11.9. The molecule has 1 heteroatoms. The Morgan fingerprint density at radius 2 is 1.67 bits per heavy atom. The second-order valence-corrected chi connectivity index (χ2v) is 5.03. The molecule has 3 rings (SSSR count). The zero-order chi connectivity index (χ0) is 14.3. The number of allylic oxidation sites excluding steroid dienone is 2. The molecule has 0 N–H and O–H groups in total. The smallest absolute Gasteiger partial charge is 0.0977 e. The van der Waals surface area contributed by atoms with Crippen LogP contribution >= 0.6 is 0 Å². The van der Waals surface area contributed by atoms with Crippen molar-refractivity contribution in [1.29, 1.82) is 0 Å². The van der Waals surface area contributed by atoms with Gasteiger partial charge in [0.1, 0.15) is 0 Å². The van der Waals surface area contributed by atoms with Crippen LogP contribution in [0.15, 0.2) is 85.2 Å². The summed E-state index contributed by atoms with van der Waals surface area (Å²) in [5.41, 5.74) is 3.74. The Bertz CT molecular complexity index is 651. The Morgan fingerprint density at radius 1 is 0.952 bits per heavy atom. The Hall–Kier alpha value is -2.54. The van der Waals surface area contributed by atoms with Crippen molar-refractivity contribution in [2.45, 2.75) is 0 Å². The van der Waals surface area contributed by atoms with E-state index in [2.05, 4.69) is 72.8 Å². The maximum absolute atomic E-state index is 5.38. The van der Waals surface area contributed by atoms with Gasteiger partial charge in [-0.1, -0.05) is 78.9 Å². The average molecular weight is 274 g/mol. The van der Waals surface area contributed by atoms with Gasteiger partial charge in [0, 0.05) is 5.92 Å². The van der Waals surface area contributed by atoms with Crippen LogP contribution in [0.1, 0.15) is 11.1 Å². The Balaban J connectivity index is 1.86. The predicted molar refractivity (Wildman–Crippen MR) is 88.5 cm³/mol. The molecule has 0 aromatic heterocycles. The second-order valence-electron chi connectivity index (χ2n) is 5.03. The highest BCUT2D eigenvalue weighted by Gasteiger charge is 2.16. The highest BCUT2D eigenvalue weighted by atomic mass is 16.5. The van der Waals surface area contributed by atoms with Gasteiger partial charge in [0.15, 0.2) is 0 Å². The number of benzene rings is 2. The standard InChI is InChI=1S/C20H18O/c1-3-8-17(9-4-1)10-7-13-20(19-14-15-21-16-19)18-11-5-2-6-12-18/h1-15,19H,16H2/b10-7+,20-13-. The van der Waals surface area contributed by atoms with Crippen molar-refractivity contribution in [3.05, 3.63) is 96.3 Å². The second kappa shape index (κ2) is 6.76. The van der Waals surface area contributed by atoms with Crippen LogP contribution in [0.5, 0.6) is 0 Å². The number of hydrogen-bond acceptors (Lipinski definition) is 1. The quantitative estimate of drug-likeness (QED) is 0.717. The third kappa shape index (κ3) is 3.51. The van der Waals surface area contributed by atoms with Gasteiger partial charge in [-0.15, -0.1) is 0 Å². The Labute approximate surface area is 125 Å². The van der Waals surface area contributed by atoms with Crippen LogP contribution in [0, 0.1) is 5.92 Å². The van der Waals surface area contributed by atoms with Gasteiger partial charge in [0.2, 0.25) is 0 Å². The van der Waals surface area contributed by atoms with Crippen LogP contribution in [0.3, 0.4) is 0 Å². The van der Waals surface area contributed by atoms with Crippen molar-refractivity contribution in [3.63, 3.8) is 0 Å². The molecular formula is C20H18O. The lowest BCUT2D eigenvalue weighted by atomic mass is 9.93. The first-order valence-electron chi connectivity index (χ1n) is 7.20. The van der Waals surface area contributed by atoms with Crippen LogP contribution in [0.25, 0.3) is 11.6 Å². The van der Waals surface area contributed by atoms with E-state index in [1.165, 1.54) is 16.7 Å². The lowest BCUT2D eigenvalue weighted by Gasteiger charge is -2.12. The summed E-state index contributed by atoms with van der Waals surface area (Å²) >= 11 is 0. The summed E-state index contributed by atoms with van der Waals surface area (Å²) in [6, 6.07) is 20.8. The molecule has 0 radical (unpaired) electrons. The van der Waals surface area contributed by atoms with E-state index in [4.69, 9.17) is 4.74 Å². The topological polar surface area (TPSA) is 9.23 Å². The minimum atomic E-state index is 0.327. The highest BCUT2D eigenvalue weighted by molar-refractivity contribution is 5.72. The molecule has 2 aromatic rings. The van der Waals surface area contributed by atoms with Crippen LogP contribution in [-0.4, -0.2) is 6.61 Å². The van der Waals surface area contributed by atoms with Crippen LogP contribution < -0.4 is 0 Å². The maximum atomic E-state index is 5.38.